The lowest BCUT2D eigenvalue weighted by atomic mass is 10.1. The number of carbonyl (C=O) groups is 1. The monoisotopic (exact) mass is 472 g/mol. The highest BCUT2D eigenvalue weighted by atomic mass is 35.5. The van der Waals surface area contributed by atoms with Crippen molar-refractivity contribution in [2.24, 2.45) is 0 Å². The first-order valence-electron chi connectivity index (χ1n) is 10.6. The maximum absolute atomic E-state index is 12.7. The van der Waals surface area contributed by atoms with Crippen LogP contribution >= 0.6 is 11.6 Å². The molecule has 0 radical (unpaired) electrons. The fourth-order valence-electron chi connectivity index (χ4n) is 3.41. The minimum atomic E-state index is -0.689. The van der Waals surface area contributed by atoms with Crippen LogP contribution in [0.5, 0.6) is 0 Å². The topological polar surface area (TPSA) is 101 Å². The van der Waals surface area contributed by atoms with E-state index in [0.717, 1.165) is 5.56 Å². The molecule has 3 aromatic carbocycles. The van der Waals surface area contributed by atoms with Crippen molar-refractivity contribution >= 4 is 23.3 Å². The van der Waals surface area contributed by atoms with Crippen molar-refractivity contribution in [3.05, 3.63) is 100 Å². The van der Waals surface area contributed by atoms with Gasteiger partial charge in [0.05, 0.1) is 16.1 Å². The summed E-state index contributed by atoms with van der Waals surface area (Å²) in [6.07, 6.45) is -0.689. The molecule has 2 unspecified atom stereocenters. The second kappa shape index (κ2) is 10.2. The Hall–Kier alpha value is -4.15. The molecule has 34 heavy (non-hydrogen) atoms. The van der Waals surface area contributed by atoms with Crippen molar-refractivity contribution in [2.75, 3.05) is 5.32 Å². The van der Waals surface area contributed by atoms with Gasteiger partial charge in [0.1, 0.15) is 18.2 Å². The second-order valence-electron chi connectivity index (χ2n) is 7.62. The first kappa shape index (κ1) is 23.0. The number of anilines is 1. The third-order valence-corrected chi connectivity index (χ3v) is 5.80. The Morgan fingerprint density at radius 1 is 1.06 bits per heavy atom. The molecule has 4 rings (SSSR count). The molecule has 1 N–H and O–H groups in total. The Bertz CT molecular complexity index is 1330. The summed E-state index contributed by atoms with van der Waals surface area (Å²) in [4.78, 5) is 12.7. The molecule has 0 fully saturated rings. The number of aromatic nitrogens is 2. The van der Waals surface area contributed by atoms with Crippen molar-refractivity contribution in [3.63, 3.8) is 0 Å². The van der Waals surface area contributed by atoms with Crippen LogP contribution in [0.15, 0.2) is 77.2 Å². The highest BCUT2D eigenvalue weighted by Crippen LogP contribution is 2.32. The lowest BCUT2D eigenvalue weighted by Gasteiger charge is -2.24. The summed E-state index contributed by atoms with van der Waals surface area (Å²) < 4.78 is 11.7. The normalized spacial score (nSPS) is 12.4. The number of rotatable bonds is 7. The van der Waals surface area contributed by atoms with Crippen LogP contribution in [0.4, 0.5) is 5.69 Å². The van der Waals surface area contributed by atoms with Crippen molar-refractivity contribution in [2.45, 2.75) is 26.0 Å². The molecule has 0 saturated carbocycles. The Kier molecular flexibility index (Phi) is 6.90. The van der Waals surface area contributed by atoms with Gasteiger partial charge in [0.25, 0.3) is 0 Å². The molecular weight excluding hydrogens is 452 g/mol. The van der Waals surface area contributed by atoms with Gasteiger partial charge < -0.3 is 14.5 Å². The largest absolute Gasteiger partial charge is 0.456 e. The van der Waals surface area contributed by atoms with Crippen LogP contribution in [0, 0.1) is 18.3 Å². The predicted molar refractivity (Wildman–Crippen MR) is 128 cm³/mol. The van der Waals surface area contributed by atoms with Crippen LogP contribution in [-0.2, 0) is 4.74 Å². The van der Waals surface area contributed by atoms with Gasteiger partial charge >= 0.3 is 5.97 Å². The van der Waals surface area contributed by atoms with Crippen LogP contribution < -0.4 is 5.32 Å². The minimum absolute atomic E-state index is 0.243. The highest BCUT2D eigenvalue weighted by Gasteiger charge is 2.29. The number of nitriles is 1. The zero-order chi connectivity index (χ0) is 24.1. The van der Waals surface area contributed by atoms with E-state index in [1.807, 2.05) is 36.4 Å². The molecule has 0 aliphatic heterocycles. The van der Waals surface area contributed by atoms with Gasteiger partial charge in [-0.25, -0.2) is 4.79 Å². The molecule has 0 aliphatic carbocycles. The number of carbonyl (C=O) groups excluding carboxylic acids is 1. The SMILES string of the molecule is Cc1c(NC(c2nnc(-c3ccccc3)o2)C(C)OC(=O)c2ccccc2)ccc(C#N)c1Cl. The first-order valence-corrected chi connectivity index (χ1v) is 11.0. The van der Waals surface area contributed by atoms with E-state index in [4.69, 9.17) is 20.8 Å². The van der Waals surface area contributed by atoms with Crippen LogP contribution in [0.3, 0.4) is 0 Å². The molecule has 8 heteroatoms. The summed E-state index contributed by atoms with van der Waals surface area (Å²) in [6.45, 7) is 3.54. The van der Waals surface area contributed by atoms with Gasteiger partial charge in [-0.3, -0.25) is 0 Å². The van der Waals surface area contributed by atoms with Crippen LogP contribution in [0.1, 0.15) is 40.3 Å². The van der Waals surface area contributed by atoms with Gasteiger partial charge in [0.2, 0.25) is 11.8 Å². The third-order valence-electron chi connectivity index (χ3n) is 5.32. The second-order valence-corrected chi connectivity index (χ2v) is 8.00. The Morgan fingerprint density at radius 2 is 1.74 bits per heavy atom. The quantitative estimate of drug-likeness (QED) is 0.330. The van der Waals surface area contributed by atoms with E-state index in [2.05, 4.69) is 21.6 Å². The molecule has 0 spiro atoms. The van der Waals surface area contributed by atoms with Crippen LogP contribution in [-0.4, -0.2) is 22.3 Å². The van der Waals surface area contributed by atoms with E-state index in [0.29, 0.717) is 33.3 Å². The average molecular weight is 473 g/mol. The van der Waals surface area contributed by atoms with Crippen molar-refractivity contribution in [1.29, 1.82) is 5.26 Å². The molecule has 170 valence electrons. The summed E-state index contributed by atoms with van der Waals surface area (Å²) in [5, 5.41) is 21.3. The summed E-state index contributed by atoms with van der Waals surface area (Å²) in [7, 11) is 0. The van der Waals surface area contributed by atoms with Gasteiger partial charge in [-0.2, -0.15) is 5.26 Å². The Morgan fingerprint density at radius 3 is 2.41 bits per heavy atom. The molecular formula is C26H21ClN4O3. The minimum Gasteiger partial charge on any atom is -0.456 e. The van der Waals surface area contributed by atoms with E-state index >= 15 is 0 Å². The molecule has 1 heterocycles. The predicted octanol–water partition coefficient (Wildman–Crippen LogP) is 5.97. The summed E-state index contributed by atoms with van der Waals surface area (Å²) in [5.41, 5.74) is 2.90. The van der Waals surface area contributed by atoms with Gasteiger partial charge in [-0.15, -0.1) is 10.2 Å². The standard InChI is InChI=1S/C26H21ClN4O3/c1-16-21(14-13-20(15-28)22(16)27)29-23(17(2)33-26(32)19-11-7-4-8-12-19)25-31-30-24(34-25)18-9-5-3-6-10-18/h3-14,17,23,29H,1-2H3. The van der Waals surface area contributed by atoms with E-state index in [-0.39, 0.29) is 5.89 Å². The van der Waals surface area contributed by atoms with Gasteiger partial charge in [-0.05, 0) is 55.8 Å². The molecule has 1 aromatic heterocycles. The number of hydrogen-bond donors (Lipinski definition) is 1. The van der Waals surface area contributed by atoms with E-state index in [1.54, 1.807) is 50.2 Å². The average Bonchev–Trinajstić information content (AvgIpc) is 3.36. The number of nitrogens with zero attached hydrogens (tertiary/aromatic N) is 3. The number of benzene rings is 3. The van der Waals surface area contributed by atoms with Gasteiger partial charge in [-0.1, -0.05) is 48.0 Å². The number of nitrogens with one attached hydrogen (secondary N) is 1. The number of ether oxygens (including phenoxy) is 1. The highest BCUT2D eigenvalue weighted by molar-refractivity contribution is 6.32. The number of halogens is 1. The fourth-order valence-corrected chi connectivity index (χ4v) is 3.62. The zero-order valence-corrected chi connectivity index (χ0v) is 19.3. The zero-order valence-electron chi connectivity index (χ0n) is 18.5. The van der Waals surface area contributed by atoms with Crippen LogP contribution in [0.25, 0.3) is 11.5 Å². The summed E-state index contributed by atoms with van der Waals surface area (Å²) in [6, 6.07) is 22.9. The van der Waals surface area contributed by atoms with Crippen molar-refractivity contribution in [3.8, 4) is 17.5 Å². The van der Waals surface area contributed by atoms with Gasteiger partial charge in [0, 0.05) is 11.3 Å². The third kappa shape index (κ3) is 4.92. The van der Waals surface area contributed by atoms with Crippen molar-refractivity contribution < 1.29 is 13.9 Å². The van der Waals surface area contributed by atoms with Crippen molar-refractivity contribution in [1.82, 2.24) is 10.2 Å². The molecule has 4 aromatic rings. The van der Waals surface area contributed by atoms with Gasteiger partial charge in [0.15, 0.2) is 0 Å². The first-order chi connectivity index (χ1) is 16.5. The maximum atomic E-state index is 12.7. The van der Waals surface area contributed by atoms with Crippen LogP contribution in [0.2, 0.25) is 5.02 Å². The number of hydrogen-bond acceptors (Lipinski definition) is 7. The molecule has 0 amide bonds. The molecule has 0 bridgehead atoms. The number of esters is 1. The fraction of sp³-hybridized carbons (Fsp3) is 0.154. The molecule has 7 nitrogen and oxygen atoms in total. The maximum Gasteiger partial charge on any atom is 0.338 e. The molecule has 0 saturated heterocycles. The lowest BCUT2D eigenvalue weighted by molar-refractivity contribution is 0.0282. The van der Waals surface area contributed by atoms with E-state index in [9.17, 15) is 10.1 Å². The lowest BCUT2D eigenvalue weighted by Crippen LogP contribution is -2.29. The van der Waals surface area contributed by atoms with E-state index < -0.39 is 18.1 Å². The smallest absolute Gasteiger partial charge is 0.338 e. The Balaban J connectivity index is 1.67. The van der Waals surface area contributed by atoms with E-state index in [1.165, 1.54) is 0 Å². The summed E-state index contributed by atoms with van der Waals surface area (Å²) in [5.74, 6) is 0.114. The Labute approximate surface area is 202 Å². The summed E-state index contributed by atoms with van der Waals surface area (Å²) >= 11 is 6.36. The molecule has 0 aliphatic rings. The molecule has 2 atom stereocenters.